The molecule has 0 aromatic rings. The fourth-order valence-corrected chi connectivity index (χ4v) is 1.79. The van der Waals surface area contributed by atoms with Gasteiger partial charge in [-0.1, -0.05) is 12.8 Å². The van der Waals surface area contributed by atoms with Crippen molar-refractivity contribution in [1.82, 2.24) is 0 Å². The van der Waals surface area contributed by atoms with Gasteiger partial charge in [0.2, 0.25) is 0 Å². The summed E-state index contributed by atoms with van der Waals surface area (Å²) < 4.78 is 10.2. The monoisotopic (exact) mass is 242 g/mol. The van der Waals surface area contributed by atoms with Gasteiger partial charge >= 0.3 is 11.9 Å². The second-order valence-electron chi connectivity index (χ2n) is 4.42. The quantitative estimate of drug-likeness (QED) is 0.613. The molecule has 0 aliphatic carbocycles. The average Bonchev–Trinajstić information content (AvgIpc) is 2.32. The zero-order valence-corrected chi connectivity index (χ0v) is 10.4. The van der Waals surface area contributed by atoms with E-state index in [0.29, 0.717) is 26.1 Å². The van der Waals surface area contributed by atoms with Crippen molar-refractivity contribution in [2.75, 3.05) is 13.2 Å². The third-order valence-corrected chi connectivity index (χ3v) is 2.83. The molecule has 1 rings (SSSR count). The minimum Gasteiger partial charge on any atom is -0.466 e. The molecular weight excluding hydrogens is 220 g/mol. The van der Waals surface area contributed by atoms with Crippen molar-refractivity contribution in [1.29, 1.82) is 0 Å². The van der Waals surface area contributed by atoms with Crippen molar-refractivity contribution in [3.8, 4) is 0 Å². The van der Waals surface area contributed by atoms with Crippen LogP contribution in [0.4, 0.5) is 0 Å². The molecule has 0 bridgehead atoms. The Kier molecular flexibility index (Phi) is 7.43. The van der Waals surface area contributed by atoms with Crippen LogP contribution in [0.3, 0.4) is 0 Å². The van der Waals surface area contributed by atoms with E-state index < -0.39 is 0 Å². The summed E-state index contributed by atoms with van der Waals surface area (Å²) in [5.74, 6) is -0.181. The lowest BCUT2D eigenvalue weighted by Crippen LogP contribution is -2.06. The number of esters is 2. The van der Waals surface area contributed by atoms with E-state index in [-0.39, 0.29) is 11.9 Å². The number of hydrogen-bond donors (Lipinski definition) is 0. The Bertz CT molecular complexity index is 214. The summed E-state index contributed by atoms with van der Waals surface area (Å²) in [5.41, 5.74) is 0. The van der Waals surface area contributed by atoms with Crippen LogP contribution in [0.2, 0.25) is 0 Å². The highest BCUT2D eigenvalue weighted by Gasteiger charge is 2.06. The number of ether oxygens (including phenoxy) is 2. The van der Waals surface area contributed by atoms with E-state index in [9.17, 15) is 9.59 Å². The lowest BCUT2D eigenvalue weighted by molar-refractivity contribution is -0.144. The summed E-state index contributed by atoms with van der Waals surface area (Å²) in [6.07, 6.45) is 7.30. The standard InChI is InChI=1S/C13H22O4/c14-12-8-4-1-2-5-9-13(15)17-11-7-3-6-10-16-12/h1-11H2. The van der Waals surface area contributed by atoms with Gasteiger partial charge in [-0.05, 0) is 32.1 Å². The Labute approximate surface area is 103 Å². The van der Waals surface area contributed by atoms with Crippen LogP contribution in [0.25, 0.3) is 0 Å². The van der Waals surface area contributed by atoms with Crippen molar-refractivity contribution >= 4 is 11.9 Å². The zero-order valence-electron chi connectivity index (χ0n) is 10.4. The predicted octanol–water partition coefficient (Wildman–Crippen LogP) is 2.60. The minimum atomic E-state index is -0.0906. The smallest absolute Gasteiger partial charge is 0.305 e. The Balaban J connectivity index is 2.23. The maximum Gasteiger partial charge on any atom is 0.305 e. The van der Waals surface area contributed by atoms with Gasteiger partial charge in [0.15, 0.2) is 0 Å². The fraction of sp³-hybridized carbons (Fsp3) is 0.846. The largest absolute Gasteiger partial charge is 0.466 e. The molecular formula is C13H22O4. The Hall–Kier alpha value is -1.06. The van der Waals surface area contributed by atoms with E-state index in [1.165, 1.54) is 0 Å². The lowest BCUT2D eigenvalue weighted by Gasteiger charge is -2.04. The topological polar surface area (TPSA) is 52.6 Å². The first-order valence-corrected chi connectivity index (χ1v) is 6.60. The highest BCUT2D eigenvalue weighted by molar-refractivity contribution is 5.69. The summed E-state index contributed by atoms with van der Waals surface area (Å²) in [4.78, 5) is 22.5. The van der Waals surface area contributed by atoms with Crippen molar-refractivity contribution in [2.24, 2.45) is 0 Å². The Morgan fingerprint density at radius 1 is 0.588 bits per heavy atom. The van der Waals surface area contributed by atoms with Crippen LogP contribution >= 0.6 is 0 Å². The summed E-state index contributed by atoms with van der Waals surface area (Å²) in [6.45, 7) is 0.986. The summed E-state index contributed by atoms with van der Waals surface area (Å²) in [7, 11) is 0. The maximum atomic E-state index is 11.3. The first-order chi connectivity index (χ1) is 8.29. The van der Waals surface area contributed by atoms with E-state index >= 15 is 0 Å². The van der Waals surface area contributed by atoms with Crippen molar-refractivity contribution in [3.63, 3.8) is 0 Å². The summed E-state index contributed by atoms with van der Waals surface area (Å²) in [6, 6.07) is 0. The number of carbonyl (C=O) groups excluding carboxylic acids is 2. The first kappa shape index (κ1) is 14.0. The molecule has 0 aromatic heterocycles. The average molecular weight is 242 g/mol. The van der Waals surface area contributed by atoms with E-state index in [1.807, 2.05) is 0 Å². The van der Waals surface area contributed by atoms with Crippen molar-refractivity contribution in [3.05, 3.63) is 0 Å². The molecule has 1 heterocycles. The highest BCUT2D eigenvalue weighted by atomic mass is 16.5. The normalized spacial score (nSPS) is 21.9. The van der Waals surface area contributed by atoms with Gasteiger partial charge in [-0.25, -0.2) is 0 Å². The zero-order chi connectivity index (χ0) is 12.3. The molecule has 0 radical (unpaired) electrons. The maximum absolute atomic E-state index is 11.3. The van der Waals surface area contributed by atoms with Gasteiger partial charge in [0.1, 0.15) is 0 Å². The van der Waals surface area contributed by atoms with Crippen LogP contribution in [0, 0.1) is 0 Å². The molecule has 1 aliphatic heterocycles. The molecule has 0 N–H and O–H groups in total. The fourth-order valence-electron chi connectivity index (χ4n) is 1.79. The molecule has 17 heavy (non-hydrogen) atoms. The molecule has 4 nitrogen and oxygen atoms in total. The van der Waals surface area contributed by atoms with Gasteiger partial charge in [0.25, 0.3) is 0 Å². The van der Waals surface area contributed by atoms with Crippen LogP contribution < -0.4 is 0 Å². The van der Waals surface area contributed by atoms with Crippen LogP contribution in [-0.2, 0) is 19.1 Å². The molecule has 1 aliphatic rings. The van der Waals surface area contributed by atoms with Gasteiger partial charge in [-0.3, -0.25) is 9.59 Å². The summed E-state index contributed by atoms with van der Waals surface area (Å²) >= 11 is 0. The van der Waals surface area contributed by atoms with Gasteiger partial charge < -0.3 is 9.47 Å². The van der Waals surface area contributed by atoms with Crippen LogP contribution in [0.5, 0.6) is 0 Å². The van der Waals surface area contributed by atoms with Gasteiger partial charge in [0.05, 0.1) is 13.2 Å². The van der Waals surface area contributed by atoms with E-state index in [4.69, 9.17) is 9.47 Å². The molecule has 0 spiro atoms. The van der Waals surface area contributed by atoms with Gasteiger partial charge in [-0.2, -0.15) is 0 Å². The molecule has 0 saturated carbocycles. The Morgan fingerprint density at radius 3 is 1.47 bits per heavy atom. The van der Waals surface area contributed by atoms with Crippen molar-refractivity contribution in [2.45, 2.75) is 57.8 Å². The molecule has 0 unspecified atom stereocenters. The van der Waals surface area contributed by atoms with E-state index in [0.717, 1.165) is 44.9 Å². The number of carbonyl (C=O) groups is 2. The predicted molar refractivity (Wildman–Crippen MR) is 63.5 cm³/mol. The number of hydrogen-bond acceptors (Lipinski definition) is 4. The second kappa shape index (κ2) is 9.02. The number of rotatable bonds is 0. The van der Waals surface area contributed by atoms with E-state index in [1.54, 1.807) is 0 Å². The number of cyclic esters (lactones) is 2. The van der Waals surface area contributed by atoms with Crippen LogP contribution in [-0.4, -0.2) is 25.2 Å². The highest BCUT2D eigenvalue weighted by Crippen LogP contribution is 2.08. The summed E-state index contributed by atoms with van der Waals surface area (Å²) in [5, 5.41) is 0. The molecule has 0 aromatic carbocycles. The third-order valence-electron chi connectivity index (χ3n) is 2.83. The second-order valence-corrected chi connectivity index (χ2v) is 4.42. The Morgan fingerprint density at radius 2 is 1.00 bits per heavy atom. The van der Waals surface area contributed by atoms with Crippen LogP contribution in [0.15, 0.2) is 0 Å². The molecule has 98 valence electrons. The van der Waals surface area contributed by atoms with Crippen molar-refractivity contribution < 1.29 is 19.1 Å². The molecule has 4 heteroatoms. The molecule has 1 saturated heterocycles. The lowest BCUT2D eigenvalue weighted by atomic mass is 10.1. The van der Waals surface area contributed by atoms with Gasteiger partial charge in [0, 0.05) is 12.8 Å². The van der Waals surface area contributed by atoms with Gasteiger partial charge in [-0.15, -0.1) is 0 Å². The molecule has 0 amide bonds. The third kappa shape index (κ3) is 7.77. The minimum absolute atomic E-state index is 0.0906. The van der Waals surface area contributed by atoms with E-state index in [2.05, 4.69) is 0 Å². The SMILES string of the molecule is O=C1CCCCCCC(=O)OCCCCCO1. The molecule has 0 atom stereocenters. The molecule has 1 fully saturated rings. The first-order valence-electron chi connectivity index (χ1n) is 6.60. The van der Waals surface area contributed by atoms with Crippen LogP contribution in [0.1, 0.15) is 57.8 Å².